The Morgan fingerprint density at radius 2 is 1.47 bits per heavy atom. The Morgan fingerprint density at radius 3 is 2.09 bits per heavy atom. The smallest absolute Gasteiger partial charge is 0.264 e. The quantitative estimate of drug-likeness (QED) is 0.169. The van der Waals surface area contributed by atoms with E-state index in [1.165, 1.54) is 36.3 Å². The number of carbonyl (C=O) groups is 2. The first kappa shape index (κ1) is 33.8. The molecule has 45 heavy (non-hydrogen) atoms. The lowest BCUT2D eigenvalue weighted by Gasteiger charge is -2.34. The lowest BCUT2D eigenvalue weighted by Crippen LogP contribution is -2.53. The second-order valence-electron chi connectivity index (χ2n) is 10.3. The Bertz CT molecular complexity index is 1690. The Hall–Kier alpha value is -4.05. The number of ether oxygens (including phenoxy) is 1. The molecule has 0 saturated heterocycles. The maximum atomic E-state index is 14.5. The van der Waals surface area contributed by atoms with E-state index in [-0.39, 0.29) is 40.2 Å². The van der Waals surface area contributed by atoms with Gasteiger partial charge in [-0.05, 0) is 60.0 Å². The van der Waals surface area contributed by atoms with Crippen LogP contribution in [-0.2, 0) is 32.6 Å². The number of rotatable bonds is 14. The third kappa shape index (κ3) is 8.78. The summed E-state index contributed by atoms with van der Waals surface area (Å²) in [6, 6.07) is 27.7. The molecule has 11 heteroatoms. The van der Waals surface area contributed by atoms with Crippen molar-refractivity contribution in [3.63, 3.8) is 0 Å². The van der Waals surface area contributed by atoms with Gasteiger partial charge in [-0.25, -0.2) is 8.42 Å². The van der Waals surface area contributed by atoms with Crippen LogP contribution in [0, 0.1) is 0 Å². The van der Waals surface area contributed by atoms with Crippen LogP contribution >= 0.6 is 23.2 Å². The highest BCUT2D eigenvalue weighted by molar-refractivity contribution is 7.92. The molecule has 4 rings (SSSR count). The predicted molar refractivity (Wildman–Crippen MR) is 178 cm³/mol. The fourth-order valence-corrected chi connectivity index (χ4v) is 6.53. The molecule has 0 aliphatic carbocycles. The molecule has 8 nitrogen and oxygen atoms in total. The van der Waals surface area contributed by atoms with Crippen LogP contribution in [0.5, 0.6) is 5.75 Å². The van der Waals surface area contributed by atoms with Crippen molar-refractivity contribution in [1.82, 2.24) is 10.2 Å². The van der Waals surface area contributed by atoms with Crippen LogP contribution in [0.25, 0.3) is 0 Å². The van der Waals surface area contributed by atoms with Crippen molar-refractivity contribution < 1.29 is 22.7 Å². The number of hydrogen-bond donors (Lipinski definition) is 1. The zero-order valence-corrected chi connectivity index (χ0v) is 27.4. The number of nitrogens with one attached hydrogen (secondary N) is 1. The molecular weight excluding hydrogens is 633 g/mol. The minimum atomic E-state index is -4.30. The average molecular weight is 669 g/mol. The van der Waals surface area contributed by atoms with Gasteiger partial charge in [0.25, 0.3) is 10.0 Å². The van der Waals surface area contributed by atoms with Crippen molar-refractivity contribution in [2.24, 2.45) is 0 Å². The number of anilines is 1. The van der Waals surface area contributed by atoms with Crippen LogP contribution in [0.1, 0.15) is 24.5 Å². The predicted octanol–water partition coefficient (Wildman–Crippen LogP) is 6.36. The monoisotopic (exact) mass is 667 g/mol. The summed E-state index contributed by atoms with van der Waals surface area (Å²) in [4.78, 5) is 29.6. The van der Waals surface area contributed by atoms with Gasteiger partial charge >= 0.3 is 0 Å². The van der Waals surface area contributed by atoms with Gasteiger partial charge in [0.1, 0.15) is 18.3 Å². The Balaban J connectivity index is 1.83. The molecule has 236 valence electrons. The molecule has 0 fully saturated rings. The number of amides is 2. The summed E-state index contributed by atoms with van der Waals surface area (Å²) in [5, 5.41) is 3.70. The van der Waals surface area contributed by atoms with Gasteiger partial charge in [-0.1, -0.05) is 90.8 Å². The van der Waals surface area contributed by atoms with Gasteiger partial charge in [0.15, 0.2) is 0 Å². The third-order valence-electron chi connectivity index (χ3n) is 7.11. The SMILES string of the molecule is CCCNC(=O)C(Cc1ccccc1)N(Cc1ccc(Cl)cc1)C(=O)CN(c1cc(Cl)ccc1OC)S(=O)(=O)c1ccccc1. The van der Waals surface area contributed by atoms with Gasteiger partial charge in [-0.3, -0.25) is 13.9 Å². The number of nitrogens with zero attached hydrogens (tertiary/aromatic N) is 2. The molecule has 0 radical (unpaired) electrons. The van der Waals surface area contributed by atoms with Crippen molar-refractivity contribution in [1.29, 1.82) is 0 Å². The second-order valence-corrected chi connectivity index (χ2v) is 13.0. The number of carbonyl (C=O) groups excluding carboxylic acids is 2. The highest BCUT2D eigenvalue weighted by atomic mass is 35.5. The molecule has 1 N–H and O–H groups in total. The average Bonchev–Trinajstić information content (AvgIpc) is 3.05. The maximum absolute atomic E-state index is 14.5. The summed E-state index contributed by atoms with van der Waals surface area (Å²) in [6.45, 7) is 1.75. The lowest BCUT2D eigenvalue weighted by molar-refractivity contribution is -0.140. The summed E-state index contributed by atoms with van der Waals surface area (Å²) in [5.41, 5.74) is 1.64. The molecule has 1 atom stereocenters. The summed E-state index contributed by atoms with van der Waals surface area (Å²) in [7, 11) is -2.89. The van der Waals surface area contributed by atoms with Crippen molar-refractivity contribution in [2.45, 2.75) is 37.2 Å². The lowest BCUT2D eigenvalue weighted by atomic mass is 10.0. The van der Waals surface area contributed by atoms with Gasteiger partial charge in [-0.15, -0.1) is 0 Å². The highest BCUT2D eigenvalue weighted by Gasteiger charge is 2.35. The Kier molecular flexibility index (Phi) is 11.9. The van der Waals surface area contributed by atoms with E-state index in [0.717, 1.165) is 9.87 Å². The first-order chi connectivity index (χ1) is 21.6. The minimum Gasteiger partial charge on any atom is -0.495 e. The molecule has 2 amide bonds. The molecule has 0 bridgehead atoms. The van der Waals surface area contributed by atoms with Crippen LogP contribution in [0.4, 0.5) is 5.69 Å². The van der Waals surface area contributed by atoms with Crippen molar-refractivity contribution in [3.8, 4) is 5.75 Å². The summed E-state index contributed by atoms with van der Waals surface area (Å²) in [5.74, 6) is -0.739. The first-order valence-electron chi connectivity index (χ1n) is 14.4. The third-order valence-corrected chi connectivity index (χ3v) is 9.37. The van der Waals surface area contributed by atoms with E-state index in [9.17, 15) is 18.0 Å². The molecule has 4 aromatic carbocycles. The number of methoxy groups -OCH3 is 1. The van der Waals surface area contributed by atoms with Gasteiger partial charge in [0.2, 0.25) is 11.8 Å². The van der Waals surface area contributed by atoms with Crippen LogP contribution in [0.2, 0.25) is 10.0 Å². The molecule has 1 unspecified atom stereocenters. The molecule has 0 aliphatic heterocycles. The van der Waals surface area contributed by atoms with E-state index in [1.54, 1.807) is 48.5 Å². The summed E-state index contributed by atoms with van der Waals surface area (Å²) in [6.07, 6.45) is 0.911. The van der Waals surface area contributed by atoms with E-state index in [2.05, 4.69) is 5.32 Å². The fourth-order valence-electron chi connectivity index (χ4n) is 4.80. The Labute approximate surface area is 274 Å². The van der Waals surface area contributed by atoms with Gasteiger partial charge < -0.3 is 15.0 Å². The van der Waals surface area contributed by atoms with Crippen LogP contribution in [-0.4, -0.2) is 51.4 Å². The number of halogens is 2. The van der Waals surface area contributed by atoms with Gasteiger partial charge in [0, 0.05) is 29.6 Å². The number of sulfonamides is 1. The fraction of sp³-hybridized carbons (Fsp3) is 0.235. The van der Waals surface area contributed by atoms with Crippen LogP contribution < -0.4 is 14.4 Å². The first-order valence-corrected chi connectivity index (χ1v) is 16.6. The molecular formula is C34H35Cl2N3O5S. The van der Waals surface area contributed by atoms with Crippen LogP contribution in [0.15, 0.2) is 108 Å². The van der Waals surface area contributed by atoms with Crippen molar-refractivity contribution in [3.05, 3.63) is 124 Å². The standard InChI is InChI=1S/C34H35Cl2N3O5S/c1-3-20-37-34(41)31(21-25-10-6-4-7-11-25)38(23-26-14-16-27(35)17-15-26)33(40)24-39(30-22-28(36)18-19-32(30)44-2)45(42,43)29-12-8-5-9-13-29/h4-19,22,31H,3,20-21,23-24H2,1-2H3,(H,37,41). The van der Waals surface area contributed by atoms with Gasteiger partial charge in [0.05, 0.1) is 17.7 Å². The normalized spacial score (nSPS) is 11.8. The zero-order chi connectivity index (χ0) is 32.4. The molecule has 0 heterocycles. The second kappa shape index (κ2) is 15.8. The summed E-state index contributed by atoms with van der Waals surface area (Å²) >= 11 is 12.5. The molecule has 0 aliphatic rings. The van der Waals surface area contributed by atoms with E-state index in [4.69, 9.17) is 27.9 Å². The highest BCUT2D eigenvalue weighted by Crippen LogP contribution is 2.35. The van der Waals surface area contributed by atoms with E-state index in [0.29, 0.717) is 23.6 Å². The Morgan fingerprint density at radius 1 is 0.844 bits per heavy atom. The topological polar surface area (TPSA) is 96.0 Å². The largest absolute Gasteiger partial charge is 0.495 e. The summed E-state index contributed by atoms with van der Waals surface area (Å²) < 4.78 is 34.8. The minimum absolute atomic E-state index is 0.0226. The van der Waals surface area contributed by atoms with Gasteiger partial charge in [-0.2, -0.15) is 0 Å². The molecule has 0 saturated carbocycles. The maximum Gasteiger partial charge on any atom is 0.264 e. The van der Waals surface area contributed by atoms with Crippen molar-refractivity contribution in [2.75, 3.05) is 24.5 Å². The van der Waals surface area contributed by atoms with E-state index in [1.807, 2.05) is 37.3 Å². The number of benzene rings is 4. The van der Waals surface area contributed by atoms with Crippen LogP contribution in [0.3, 0.4) is 0 Å². The zero-order valence-electron chi connectivity index (χ0n) is 25.0. The number of hydrogen-bond acceptors (Lipinski definition) is 5. The van der Waals surface area contributed by atoms with Crippen molar-refractivity contribution >= 4 is 50.7 Å². The molecule has 0 aromatic heterocycles. The van der Waals surface area contributed by atoms with E-state index >= 15 is 0 Å². The molecule has 4 aromatic rings. The molecule has 0 spiro atoms. The van der Waals surface area contributed by atoms with E-state index < -0.39 is 28.5 Å².